The number of fused-ring (bicyclic) bond motifs is 3. The van der Waals surface area contributed by atoms with Gasteiger partial charge in [-0.05, 0) is 44.9 Å². The van der Waals surface area contributed by atoms with Gasteiger partial charge in [0.25, 0.3) is 0 Å². The van der Waals surface area contributed by atoms with Gasteiger partial charge < -0.3 is 14.8 Å². The number of nitrogens with one attached hydrogen (secondary N) is 1. The van der Waals surface area contributed by atoms with Crippen LogP contribution in [0.3, 0.4) is 0 Å². The molecule has 1 aromatic carbocycles. The number of ether oxygens (including phenoxy) is 1. The molecule has 3 rings (SSSR count). The number of hydrogen-bond acceptors (Lipinski definition) is 3. The van der Waals surface area contributed by atoms with Crippen molar-refractivity contribution in [3.63, 3.8) is 0 Å². The lowest BCUT2D eigenvalue weighted by Crippen LogP contribution is -2.45. The molecule has 24 heavy (non-hydrogen) atoms. The second-order valence-corrected chi connectivity index (χ2v) is 7.70. The Morgan fingerprint density at radius 1 is 1.38 bits per heavy atom. The van der Waals surface area contributed by atoms with Crippen molar-refractivity contribution >= 4 is 38.9 Å². The molecule has 0 saturated heterocycles. The van der Waals surface area contributed by atoms with Crippen LogP contribution in [-0.4, -0.2) is 39.2 Å². The molecule has 1 aliphatic heterocycles. The van der Waals surface area contributed by atoms with E-state index in [0.29, 0.717) is 18.7 Å². The second-order valence-electron chi connectivity index (χ2n) is 6.84. The number of nitrogens with zero attached hydrogens (tertiary/aromatic N) is 1. The summed E-state index contributed by atoms with van der Waals surface area (Å²) in [6.07, 6.45) is -0.0423. The van der Waals surface area contributed by atoms with E-state index in [1.165, 1.54) is 4.90 Å². The maximum Gasteiger partial charge on any atom is 0.411 e. The van der Waals surface area contributed by atoms with E-state index in [4.69, 9.17) is 4.74 Å². The van der Waals surface area contributed by atoms with E-state index in [0.717, 1.165) is 20.9 Å². The molecule has 0 saturated carbocycles. The van der Waals surface area contributed by atoms with Gasteiger partial charge in [0, 0.05) is 21.9 Å². The molecular formula is C17H19BrN2O4. The summed E-state index contributed by atoms with van der Waals surface area (Å²) in [7, 11) is 0. The summed E-state index contributed by atoms with van der Waals surface area (Å²) < 4.78 is 6.28. The fourth-order valence-electron chi connectivity index (χ4n) is 3.07. The smallest absolute Gasteiger partial charge is 0.411 e. The minimum atomic E-state index is -1.08. The monoisotopic (exact) mass is 394 g/mol. The highest BCUT2D eigenvalue weighted by molar-refractivity contribution is 9.10. The van der Waals surface area contributed by atoms with Crippen LogP contribution in [0.15, 0.2) is 22.7 Å². The van der Waals surface area contributed by atoms with Gasteiger partial charge in [0.05, 0.1) is 5.69 Å². The molecule has 1 atom stereocenters. The summed E-state index contributed by atoms with van der Waals surface area (Å²) in [4.78, 5) is 28.8. The van der Waals surface area contributed by atoms with Crippen molar-refractivity contribution in [1.29, 1.82) is 0 Å². The second kappa shape index (κ2) is 5.81. The molecule has 0 spiro atoms. The minimum Gasteiger partial charge on any atom is -0.479 e. The fraction of sp³-hybridized carbons (Fsp3) is 0.412. The average molecular weight is 395 g/mol. The Kier molecular flexibility index (Phi) is 4.07. The van der Waals surface area contributed by atoms with E-state index < -0.39 is 23.7 Å². The highest BCUT2D eigenvalue weighted by atomic mass is 79.9. The number of amides is 1. The van der Waals surface area contributed by atoms with Crippen LogP contribution in [0.25, 0.3) is 10.9 Å². The number of aromatic nitrogens is 1. The molecule has 1 unspecified atom stereocenters. The molecule has 6 nitrogen and oxygen atoms in total. The first-order chi connectivity index (χ1) is 11.2. The molecule has 128 valence electrons. The predicted molar refractivity (Wildman–Crippen MR) is 93.0 cm³/mol. The van der Waals surface area contributed by atoms with E-state index >= 15 is 0 Å². The lowest BCUT2D eigenvalue weighted by Gasteiger charge is -2.34. The molecule has 2 N–H and O–H groups in total. The number of aliphatic carboxylic acids is 1. The largest absolute Gasteiger partial charge is 0.479 e. The summed E-state index contributed by atoms with van der Waals surface area (Å²) in [5.74, 6) is -1.08. The number of rotatable bonds is 1. The number of aromatic amines is 1. The molecule has 1 amide bonds. The van der Waals surface area contributed by atoms with Crippen LogP contribution in [0.5, 0.6) is 0 Å². The van der Waals surface area contributed by atoms with E-state index in [2.05, 4.69) is 20.9 Å². The molecule has 0 aliphatic carbocycles. The van der Waals surface area contributed by atoms with Crippen molar-refractivity contribution in [1.82, 2.24) is 9.88 Å². The van der Waals surface area contributed by atoms with Crippen molar-refractivity contribution in [2.24, 2.45) is 0 Å². The van der Waals surface area contributed by atoms with Crippen LogP contribution in [-0.2, 0) is 16.0 Å². The van der Waals surface area contributed by atoms with Crippen LogP contribution in [0.1, 0.15) is 38.1 Å². The maximum atomic E-state index is 12.4. The zero-order valence-electron chi connectivity index (χ0n) is 13.7. The summed E-state index contributed by atoms with van der Waals surface area (Å²) in [6, 6.07) is 4.63. The summed E-state index contributed by atoms with van der Waals surface area (Å²) in [5, 5.41) is 10.7. The normalized spacial score (nSPS) is 17.7. The highest BCUT2D eigenvalue weighted by Gasteiger charge is 2.40. The van der Waals surface area contributed by atoms with Gasteiger partial charge in [-0.15, -0.1) is 0 Å². The van der Waals surface area contributed by atoms with Crippen molar-refractivity contribution in [3.05, 3.63) is 33.9 Å². The Morgan fingerprint density at radius 2 is 2.08 bits per heavy atom. The van der Waals surface area contributed by atoms with Gasteiger partial charge in [-0.1, -0.05) is 22.0 Å². The van der Waals surface area contributed by atoms with Crippen molar-refractivity contribution in [3.8, 4) is 0 Å². The zero-order chi connectivity index (χ0) is 17.6. The van der Waals surface area contributed by atoms with Crippen LogP contribution in [0, 0.1) is 0 Å². The van der Waals surface area contributed by atoms with Gasteiger partial charge in [-0.3, -0.25) is 4.90 Å². The molecule has 1 aromatic heterocycles. The predicted octanol–water partition coefficient (Wildman–Crippen LogP) is 3.85. The molecule has 0 radical (unpaired) electrons. The minimum absolute atomic E-state index is 0.299. The van der Waals surface area contributed by atoms with Gasteiger partial charge in [-0.2, -0.15) is 0 Å². The third-order valence-electron chi connectivity index (χ3n) is 3.96. The van der Waals surface area contributed by atoms with Gasteiger partial charge in [-0.25, -0.2) is 9.59 Å². The summed E-state index contributed by atoms with van der Waals surface area (Å²) >= 11 is 3.52. The molecule has 1 aliphatic rings. The summed E-state index contributed by atoms with van der Waals surface area (Å²) in [5.41, 5.74) is 1.65. The van der Waals surface area contributed by atoms with Gasteiger partial charge in [0.1, 0.15) is 5.60 Å². The van der Waals surface area contributed by atoms with E-state index in [-0.39, 0.29) is 0 Å². The van der Waals surface area contributed by atoms with Crippen molar-refractivity contribution in [2.75, 3.05) is 6.54 Å². The first kappa shape index (κ1) is 16.8. The number of hydrogen-bond donors (Lipinski definition) is 2. The number of carbonyl (C=O) groups excluding carboxylic acids is 1. The fourth-order valence-corrected chi connectivity index (χ4v) is 3.68. The number of H-pyrrole nitrogens is 1. The van der Waals surface area contributed by atoms with Crippen molar-refractivity contribution < 1.29 is 19.4 Å². The Bertz CT molecular complexity index is 822. The molecular weight excluding hydrogens is 376 g/mol. The average Bonchev–Trinajstić information content (AvgIpc) is 2.83. The SMILES string of the molecule is CC(C)(C)OC(=O)N1CCc2c([nH]c3cccc(Br)c23)C1C(=O)O. The quantitative estimate of drug-likeness (QED) is 0.769. The van der Waals surface area contributed by atoms with E-state index in [1.54, 1.807) is 20.8 Å². The Morgan fingerprint density at radius 3 is 2.71 bits per heavy atom. The number of carbonyl (C=O) groups is 2. The topological polar surface area (TPSA) is 82.6 Å². The zero-order valence-corrected chi connectivity index (χ0v) is 15.3. The Hall–Kier alpha value is -2.02. The molecule has 7 heteroatoms. The third-order valence-corrected chi connectivity index (χ3v) is 4.62. The first-order valence-electron chi connectivity index (χ1n) is 7.70. The molecule has 2 heterocycles. The summed E-state index contributed by atoms with van der Waals surface area (Å²) in [6.45, 7) is 5.58. The Labute approximate surface area is 147 Å². The highest BCUT2D eigenvalue weighted by Crippen LogP contribution is 2.38. The van der Waals surface area contributed by atoms with Crippen LogP contribution in [0.2, 0.25) is 0 Å². The number of carboxylic acids is 1. The van der Waals surface area contributed by atoms with Crippen molar-refractivity contribution in [2.45, 2.75) is 38.8 Å². The number of carboxylic acid groups (broad SMARTS) is 1. The van der Waals surface area contributed by atoms with Gasteiger partial charge >= 0.3 is 12.1 Å². The van der Waals surface area contributed by atoms with Crippen LogP contribution < -0.4 is 0 Å². The van der Waals surface area contributed by atoms with E-state index in [1.807, 2.05) is 18.2 Å². The lowest BCUT2D eigenvalue weighted by atomic mass is 9.97. The van der Waals surface area contributed by atoms with Crippen LogP contribution in [0.4, 0.5) is 4.79 Å². The lowest BCUT2D eigenvalue weighted by molar-refractivity contribution is -0.144. The van der Waals surface area contributed by atoms with Gasteiger partial charge in [0.2, 0.25) is 0 Å². The third kappa shape index (κ3) is 2.88. The standard InChI is InChI=1S/C17H19BrN2O4/c1-17(2,3)24-16(23)20-8-7-9-12-10(18)5-4-6-11(12)19-13(9)14(20)15(21)22/h4-6,14,19H,7-8H2,1-3H3,(H,21,22). The number of halogens is 1. The first-order valence-corrected chi connectivity index (χ1v) is 8.50. The van der Waals surface area contributed by atoms with Gasteiger partial charge in [0.15, 0.2) is 6.04 Å². The van der Waals surface area contributed by atoms with Crippen LogP contribution >= 0.6 is 15.9 Å². The maximum absolute atomic E-state index is 12.4. The molecule has 0 fully saturated rings. The Balaban J connectivity index is 2.07. The number of benzene rings is 1. The molecule has 0 bridgehead atoms. The van der Waals surface area contributed by atoms with E-state index in [9.17, 15) is 14.7 Å². The molecule has 2 aromatic rings.